The van der Waals surface area contributed by atoms with Crippen molar-refractivity contribution in [2.24, 2.45) is 0 Å². The SMILES string of the molecule is CCCCc1nc(C)c(C(=O)N(CC)C(C)c2ccc(C#N)cc2)s1. The van der Waals surface area contributed by atoms with E-state index in [4.69, 9.17) is 5.26 Å². The molecule has 0 fully saturated rings. The molecule has 0 aliphatic heterocycles. The minimum atomic E-state index is -0.0502. The van der Waals surface area contributed by atoms with Crippen LogP contribution in [-0.4, -0.2) is 22.3 Å². The fourth-order valence-electron chi connectivity index (χ4n) is 2.83. The number of hydrogen-bond donors (Lipinski definition) is 0. The molecule has 132 valence electrons. The first-order valence-corrected chi connectivity index (χ1v) is 9.60. The van der Waals surface area contributed by atoms with Crippen LogP contribution in [0.25, 0.3) is 0 Å². The van der Waals surface area contributed by atoms with Crippen LogP contribution in [0.4, 0.5) is 0 Å². The third-order valence-corrected chi connectivity index (χ3v) is 5.58. The zero-order valence-electron chi connectivity index (χ0n) is 15.4. The lowest BCUT2D eigenvalue weighted by Crippen LogP contribution is -2.33. The summed E-state index contributed by atoms with van der Waals surface area (Å²) in [6, 6.07) is 9.51. The molecule has 1 amide bonds. The van der Waals surface area contributed by atoms with E-state index in [1.807, 2.05) is 37.8 Å². The Hall–Kier alpha value is -2.19. The second-order valence-electron chi connectivity index (χ2n) is 6.13. The van der Waals surface area contributed by atoms with Gasteiger partial charge in [-0.25, -0.2) is 4.98 Å². The molecule has 25 heavy (non-hydrogen) atoms. The summed E-state index contributed by atoms with van der Waals surface area (Å²) in [5.41, 5.74) is 2.48. The Morgan fingerprint density at radius 1 is 1.32 bits per heavy atom. The van der Waals surface area contributed by atoms with Crippen molar-refractivity contribution in [2.75, 3.05) is 6.54 Å². The number of rotatable bonds is 7. The van der Waals surface area contributed by atoms with Crippen LogP contribution >= 0.6 is 11.3 Å². The van der Waals surface area contributed by atoms with Crippen LogP contribution in [0.15, 0.2) is 24.3 Å². The summed E-state index contributed by atoms with van der Waals surface area (Å²) in [7, 11) is 0. The first-order valence-electron chi connectivity index (χ1n) is 8.79. The van der Waals surface area contributed by atoms with Gasteiger partial charge in [0.25, 0.3) is 5.91 Å². The molecule has 5 heteroatoms. The van der Waals surface area contributed by atoms with E-state index < -0.39 is 0 Å². The molecule has 1 aromatic carbocycles. The summed E-state index contributed by atoms with van der Waals surface area (Å²) >= 11 is 1.52. The molecule has 1 heterocycles. The van der Waals surface area contributed by atoms with Crippen molar-refractivity contribution in [3.63, 3.8) is 0 Å². The number of unbranched alkanes of at least 4 members (excludes halogenated alkanes) is 1. The second-order valence-corrected chi connectivity index (χ2v) is 7.21. The van der Waals surface area contributed by atoms with Gasteiger partial charge in [0.1, 0.15) is 4.88 Å². The number of aryl methyl sites for hydroxylation is 2. The molecule has 0 radical (unpaired) electrons. The maximum Gasteiger partial charge on any atom is 0.266 e. The average molecular weight is 356 g/mol. The zero-order valence-corrected chi connectivity index (χ0v) is 16.2. The summed E-state index contributed by atoms with van der Waals surface area (Å²) in [5, 5.41) is 9.98. The van der Waals surface area contributed by atoms with Crippen LogP contribution in [0, 0.1) is 18.3 Å². The number of carbonyl (C=O) groups is 1. The van der Waals surface area contributed by atoms with Crippen molar-refractivity contribution >= 4 is 17.2 Å². The van der Waals surface area contributed by atoms with Crippen LogP contribution in [-0.2, 0) is 6.42 Å². The Bertz CT molecular complexity index is 758. The predicted octanol–water partition coefficient (Wildman–Crippen LogP) is 4.89. The van der Waals surface area contributed by atoms with E-state index in [-0.39, 0.29) is 11.9 Å². The number of amides is 1. The molecule has 0 N–H and O–H groups in total. The Morgan fingerprint density at radius 2 is 2.00 bits per heavy atom. The van der Waals surface area contributed by atoms with E-state index in [9.17, 15) is 4.79 Å². The minimum Gasteiger partial charge on any atom is -0.331 e. The van der Waals surface area contributed by atoms with Gasteiger partial charge >= 0.3 is 0 Å². The lowest BCUT2D eigenvalue weighted by atomic mass is 10.0. The van der Waals surface area contributed by atoms with E-state index in [1.165, 1.54) is 11.3 Å². The van der Waals surface area contributed by atoms with Gasteiger partial charge in [-0.3, -0.25) is 4.79 Å². The number of thiazole rings is 1. The van der Waals surface area contributed by atoms with Crippen molar-refractivity contribution in [3.05, 3.63) is 51.0 Å². The highest BCUT2D eigenvalue weighted by atomic mass is 32.1. The zero-order chi connectivity index (χ0) is 18.4. The molecule has 1 atom stereocenters. The number of hydrogen-bond acceptors (Lipinski definition) is 4. The fourth-order valence-corrected chi connectivity index (χ4v) is 3.89. The normalized spacial score (nSPS) is 11.8. The maximum absolute atomic E-state index is 13.1. The van der Waals surface area contributed by atoms with Gasteiger partial charge in [0, 0.05) is 6.54 Å². The highest BCUT2D eigenvalue weighted by Gasteiger charge is 2.25. The highest BCUT2D eigenvalue weighted by Crippen LogP contribution is 2.27. The van der Waals surface area contributed by atoms with Crippen LogP contribution in [0.2, 0.25) is 0 Å². The van der Waals surface area contributed by atoms with E-state index in [0.717, 1.165) is 40.4 Å². The number of nitrogens with zero attached hydrogens (tertiary/aromatic N) is 3. The molecule has 1 aromatic heterocycles. The van der Waals surface area contributed by atoms with Gasteiger partial charge in [0.15, 0.2) is 0 Å². The quantitative estimate of drug-likeness (QED) is 0.710. The third kappa shape index (κ3) is 4.46. The first kappa shape index (κ1) is 19.1. The molecule has 0 bridgehead atoms. The Balaban J connectivity index is 2.22. The Labute approximate surface area is 154 Å². The fraction of sp³-hybridized carbons (Fsp3) is 0.450. The molecular weight excluding hydrogens is 330 g/mol. The smallest absolute Gasteiger partial charge is 0.266 e. The van der Waals surface area contributed by atoms with Gasteiger partial charge in [0.05, 0.1) is 28.4 Å². The standard InChI is InChI=1S/C20H25N3OS/c1-5-7-8-18-22-14(3)19(25-18)20(24)23(6-2)15(4)17-11-9-16(13-21)10-12-17/h9-12,15H,5-8H2,1-4H3. The van der Waals surface area contributed by atoms with Crippen molar-refractivity contribution in [1.29, 1.82) is 5.26 Å². The summed E-state index contributed by atoms with van der Waals surface area (Å²) in [6.45, 7) is 8.72. The van der Waals surface area contributed by atoms with Gasteiger partial charge in [-0.1, -0.05) is 25.5 Å². The number of nitriles is 1. The van der Waals surface area contributed by atoms with E-state index in [2.05, 4.69) is 18.0 Å². The third-order valence-electron chi connectivity index (χ3n) is 4.37. The van der Waals surface area contributed by atoms with E-state index in [1.54, 1.807) is 12.1 Å². The molecule has 2 aromatic rings. The topological polar surface area (TPSA) is 57.0 Å². The molecular formula is C20H25N3OS. The molecule has 0 saturated carbocycles. The molecule has 0 spiro atoms. The van der Waals surface area contributed by atoms with Crippen LogP contribution in [0.1, 0.15) is 71.2 Å². The summed E-state index contributed by atoms with van der Waals surface area (Å²) < 4.78 is 0. The summed E-state index contributed by atoms with van der Waals surface area (Å²) in [4.78, 5) is 20.3. The van der Waals surface area contributed by atoms with Gasteiger partial charge in [-0.15, -0.1) is 11.3 Å². The molecule has 0 aliphatic rings. The van der Waals surface area contributed by atoms with E-state index >= 15 is 0 Å². The monoisotopic (exact) mass is 355 g/mol. The Kier molecular flexibility index (Phi) is 6.72. The van der Waals surface area contributed by atoms with Crippen molar-refractivity contribution in [3.8, 4) is 6.07 Å². The van der Waals surface area contributed by atoms with E-state index in [0.29, 0.717) is 12.1 Å². The van der Waals surface area contributed by atoms with Crippen molar-refractivity contribution in [2.45, 2.75) is 53.0 Å². The largest absolute Gasteiger partial charge is 0.331 e. The van der Waals surface area contributed by atoms with Crippen LogP contribution in [0.3, 0.4) is 0 Å². The second kappa shape index (κ2) is 8.77. The van der Waals surface area contributed by atoms with Crippen molar-refractivity contribution < 1.29 is 4.79 Å². The molecule has 4 nitrogen and oxygen atoms in total. The van der Waals surface area contributed by atoms with Gasteiger partial charge in [0.2, 0.25) is 0 Å². The predicted molar refractivity (Wildman–Crippen MR) is 102 cm³/mol. The number of carbonyl (C=O) groups excluding carboxylic acids is 1. The first-order chi connectivity index (χ1) is 12.0. The van der Waals surface area contributed by atoms with Gasteiger partial charge < -0.3 is 4.90 Å². The number of benzene rings is 1. The van der Waals surface area contributed by atoms with Crippen LogP contribution < -0.4 is 0 Å². The molecule has 2 rings (SSSR count). The lowest BCUT2D eigenvalue weighted by Gasteiger charge is -2.28. The molecule has 1 unspecified atom stereocenters. The number of aromatic nitrogens is 1. The van der Waals surface area contributed by atoms with Crippen molar-refractivity contribution in [1.82, 2.24) is 9.88 Å². The summed E-state index contributed by atoms with van der Waals surface area (Å²) in [6.07, 6.45) is 3.16. The summed E-state index contributed by atoms with van der Waals surface area (Å²) in [5.74, 6) is 0.0390. The molecule has 0 saturated heterocycles. The maximum atomic E-state index is 13.1. The average Bonchev–Trinajstić information content (AvgIpc) is 3.01. The van der Waals surface area contributed by atoms with Gasteiger partial charge in [-0.05, 0) is 51.3 Å². The minimum absolute atomic E-state index is 0.0390. The molecule has 0 aliphatic carbocycles. The highest BCUT2D eigenvalue weighted by molar-refractivity contribution is 7.13. The lowest BCUT2D eigenvalue weighted by molar-refractivity contribution is 0.0706. The Morgan fingerprint density at radius 3 is 2.56 bits per heavy atom. The van der Waals surface area contributed by atoms with Crippen LogP contribution in [0.5, 0.6) is 0 Å². The van der Waals surface area contributed by atoms with Gasteiger partial charge in [-0.2, -0.15) is 5.26 Å².